The Bertz CT molecular complexity index is 1380. The first-order valence-corrected chi connectivity index (χ1v) is 15.0. The maximum Gasteiger partial charge on any atom is 0.264 e. The molecule has 3 rings (SSSR count). The molecule has 9 heteroatoms. The Labute approximate surface area is 238 Å². The smallest absolute Gasteiger partial charge is 0.264 e. The third-order valence-electron chi connectivity index (χ3n) is 6.65. The first-order valence-electron chi connectivity index (χ1n) is 13.5. The molecule has 0 aliphatic rings. The van der Waals surface area contributed by atoms with Crippen molar-refractivity contribution in [2.45, 2.75) is 64.6 Å². The van der Waals surface area contributed by atoms with Crippen molar-refractivity contribution < 1.29 is 22.7 Å². The predicted octanol–water partition coefficient (Wildman–Crippen LogP) is 4.92. The van der Waals surface area contributed by atoms with Crippen LogP contribution in [0.3, 0.4) is 0 Å². The van der Waals surface area contributed by atoms with E-state index in [1.807, 2.05) is 52.0 Å². The number of anilines is 1. The van der Waals surface area contributed by atoms with E-state index in [1.54, 1.807) is 49.4 Å². The normalized spacial score (nSPS) is 12.7. The fourth-order valence-electron chi connectivity index (χ4n) is 4.18. The van der Waals surface area contributed by atoms with E-state index in [-0.39, 0.29) is 23.4 Å². The number of carbonyl (C=O) groups is 2. The summed E-state index contributed by atoms with van der Waals surface area (Å²) in [6.45, 7) is 9.48. The van der Waals surface area contributed by atoms with Crippen molar-refractivity contribution in [3.63, 3.8) is 0 Å². The van der Waals surface area contributed by atoms with Gasteiger partial charge in [0.25, 0.3) is 10.0 Å². The maximum atomic E-state index is 14.0. The summed E-state index contributed by atoms with van der Waals surface area (Å²) < 4.78 is 34.3. The second-order valence-electron chi connectivity index (χ2n) is 9.76. The average molecular weight is 566 g/mol. The van der Waals surface area contributed by atoms with Crippen molar-refractivity contribution in [2.75, 3.05) is 17.5 Å². The third-order valence-corrected chi connectivity index (χ3v) is 8.44. The third kappa shape index (κ3) is 7.85. The molecule has 2 amide bonds. The van der Waals surface area contributed by atoms with Crippen molar-refractivity contribution in [2.24, 2.45) is 0 Å². The van der Waals surface area contributed by atoms with E-state index in [9.17, 15) is 18.0 Å². The maximum absolute atomic E-state index is 14.0. The van der Waals surface area contributed by atoms with Gasteiger partial charge in [-0.25, -0.2) is 8.42 Å². The Morgan fingerprint density at radius 1 is 0.925 bits per heavy atom. The Hall–Kier alpha value is -3.85. The average Bonchev–Trinajstić information content (AvgIpc) is 2.95. The van der Waals surface area contributed by atoms with E-state index < -0.39 is 28.5 Å². The van der Waals surface area contributed by atoms with Crippen LogP contribution in [0.5, 0.6) is 5.75 Å². The molecule has 1 N–H and O–H groups in total. The number of ether oxygens (including phenoxy) is 1. The molecule has 0 saturated carbocycles. The van der Waals surface area contributed by atoms with E-state index in [0.29, 0.717) is 18.0 Å². The van der Waals surface area contributed by atoms with Crippen molar-refractivity contribution in [3.05, 3.63) is 90.0 Å². The molecule has 0 fully saturated rings. The molecule has 40 heavy (non-hydrogen) atoms. The van der Waals surface area contributed by atoms with Crippen LogP contribution in [0.1, 0.15) is 45.2 Å². The molecule has 0 aliphatic heterocycles. The molecule has 3 aromatic rings. The molecule has 3 aromatic carbocycles. The minimum Gasteiger partial charge on any atom is -0.494 e. The van der Waals surface area contributed by atoms with Crippen LogP contribution in [0.4, 0.5) is 5.69 Å². The highest BCUT2D eigenvalue weighted by Crippen LogP contribution is 2.26. The number of nitrogens with zero attached hydrogens (tertiary/aromatic N) is 2. The van der Waals surface area contributed by atoms with Gasteiger partial charge in [0, 0.05) is 12.6 Å². The van der Waals surface area contributed by atoms with Crippen molar-refractivity contribution in [3.8, 4) is 5.75 Å². The lowest BCUT2D eigenvalue weighted by atomic mass is 10.1. The standard InChI is InChI=1S/C31H39N3O5S/c1-6-24(4)32-31(36)25(5)33(21-26-13-11-12-23(3)20-26)30(35)22-34(27-16-18-28(19-17-27)39-7-2)40(37,38)29-14-9-8-10-15-29/h8-20,24-25H,6-7,21-22H2,1-5H3,(H,32,36)/t24-,25-/m0/s1. The lowest BCUT2D eigenvalue weighted by molar-refractivity contribution is -0.139. The molecule has 0 aliphatic carbocycles. The molecule has 0 heterocycles. The summed E-state index contributed by atoms with van der Waals surface area (Å²) in [5.41, 5.74) is 2.17. The van der Waals surface area contributed by atoms with Gasteiger partial charge in [0.2, 0.25) is 11.8 Å². The molecule has 0 saturated heterocycles. The van der Waals surface area contributed by atoms with Gasteiger partial charge in [-0.3, -0.25) is 13.9 Å². The number of hydrogen-bond donors (Lipinski definition) is 1. The van der Waals surface area contributed by atoms with E-state index >= 15 is 0 Å². The number of nitrogens with one attached hydrogen (secondary N) is 1. The Balaban J connectivity index is 2.01. The quantitative estimate of drug-likeness (QED) is 0.317. The Morgan fingerprint density at radius 2 is 1.60 bits per heavy atom. The van der Waals surface area contributed by atoms with Crippen LogP contribution >= 0.6 is 0 Å². The molecule has 8 nitrogen and oxygen atoms in total. The predicted molar refractivity (Wildman–Crippen MR) is 158 cm³/mol. The Morgan fingerprint density at radius 3 is 2.20 bits per heavy atom. The van der Waals surface area contributed by atoms with Gasteiger partial charge in [-0.1, -0.05) is 55.0 Å². The van der Waals surface area contributed by atoms with Gasteiger partial charge in [0.05, 0.1) is 17.2 Å². The summed E-state index contributed by atoms with van der Waals surface area (Å²) in [4.78, 5) is 28.6. The summed E-state index contributed by atoms with van der Waals surface area (Å²) in [5.74, 6) is -0.207. The largest absolute Gasteiger partial charge is 0.494 e. The fraction of sp³-hybridized carbons (Fsp3) is 0.355. The topological polar surface area (TPSA) is 96.0 Å². The lowest BCUT2D eigenvalue weighted by Crippen LogP contribution is -2.52. The number of rotatable bonds is 13. The summed E-state index contributed by atoms with van der Waals surface area (Å²) in [6.07, 6.45) is 0.741. The van der Waals surface area contributed by atoms with Crippen LogP contribution in [0.15, 0.2) is 83.8 Å². The fourth-order valence-corrected chi connectivity index (χ4v) is 5.61. The minimum absolute atomic E-state index is 0.0597. The lowest BCUT2D eigenvalue weighted by Gasteiger charge is -2.32. The second-order valence-corrected chi connectivity index (χ2v) is 11.6. The molecule has 0 spiro atoms. The van der Waals surface area contributed by atoms with Crippen molar-refractivity contribution in [1.82, 2.24) is 10.2 Å². The van der Waals surface area contributed by atoms with Crippen molar-refractivity contribution >= 4 is 27.5 Å². The van der Waals surface area contributed by atoms with Gasteiger partial charge in [-0.15, -0.1) is 0 Å². The molecule has 214 valence electrons. The van der Waals surface area contributed by atoms with Crippen LogP contribution in [0.25, 0.3) is 0 Å². The first kappa shape index (κ1) is 30.7. The molecule has 0 bridgehead atoms. The van der Waals surface area contributed by atoms with Crippen LogP contribution in [0.2, 0.25) is 0 Å². The van der Waals surface area contributed by atoms with Crippen molar-refractivity contribution in [1.29, 1.82) is 0 Å². The SMILES string of the molecule is CCOc1ccc(N(CC(=O)N(Cc2cccc(C)c2)[C@@H](C)C(=O)N[C@@H](C)CC)S(=O)(=O)c2ccccc2)cc1. The number of benzene rings is 3. The summed E-state index contributed by atoms with van der Waals surface area (Å²) >= 11 is 0. The van der Waals surface area contributed by atoms with E-state index in [4.69, 9.17) is 4.74 Å². The monoisotopic (exact) mass is 565 g/mol. The highest BCUT2D eigenvalue weighted by molar-refractivity contribution is 7.92. The number of hydrogen-bond acceptors (Lipinski definition) is 5. The highest BCUT2D eigenvalue weighted by Gasteiger charge is 2.32. The van der Waals surface area contributed by atoms with E-state index in [0.717, 1.165) is 21.9 Å². The molecular formula is C31H39N3O5S. The van der Waals surface area contributed by atoms with Crippen LogP contribution in [-0.2, 0) is 26.2 Å². The number of carbonyl (C=O) groups excluding carboxylic acids is 2. The van der Waals surface area contributed by atoms with Crippen LogP contribution in [-0.4, -0.2) is 50.4 Å². The first-order chi connectivity index (χ1) is 19.1. The van der Waals surface area contributed by atoms with Gasteiger partial charge in [0.1, 0.15) is 18.3 Å². The summed E-state index contributed by atoms with van der Waals surface area (Å²) in [5, 5.41) is 2.94. The number of sulfonamides is 1. The van der Waals surface area contributed by atoms with Gasteiger partial charge in [-0.05, 0) is 76.1 Å². The summed E-state index contributed by atoms with van der Waals surface area (Å²) in [6, 6.07) is 21.3. The van der Waals surface area contributed by atoms with Gasteiger partial charge >= 0.3 is 0 Å². The molecule has 0 aromatic heterocycles. The number of aryl methyl sites for hydroxylation is 1. The summed E-state index contributed by atoms with van der Waals surface area (Å²) in [7, 11) is -4.11. The molecule has 0 unspecified atom stereocenters. The molecule has 0 radical (unpaired) electrons. The van der Waals surface area contributed by atoms with Gasteiger partial charge < -0.3 is 15.0 Å². The second kappa shape index (κ2) is 14.0. The highest BCUT2D eigenvalue weighted by atomic mass is 32.2. The minimum atomic E-state index is -4.11. The zero-order chi connectivity index (χ0) is 29.3. The molecular weight excluding hydrogens is 526 g/mol. The Kier molecular flexibility index (Phi) is 10.7. The van der Waals surface area contributed by atoms with Crippen LogP contribution in [0, 0.1) is 6.92 Å². The zero-order valence-corrected chi connectivity index (χ0v) is 24.6. The van der Waals surface area contributed by atoms with E-state index in [1.165, 1.54) is 17.0 Å². The molecule has 2 atom stereocenters. The van der Waals surface area contributed by atoms with E-state index in [2.05, 4.69) is 5.32 Å². The van der Waals surface area contributed by atoms with Crippen LogP contribution < -0.4 is 14.4 Å². The van der Waals surface area contributed by atoms with Gasteiger partial charge in [0.15, 0.2) is 0 Å². The zero-order valence-electron chi connectivity index (χ0n) is 23.8. The number of amides is 2. The van der Waals surface area contributed by atoms with Gasteiger partial charge in [-0.2, -0.15) is 0 Å².